The molecule has 2 rings (SSSR count). The lowest BCUT2D eigenvalue weighted by Crippen LogP contribution is -2.25. The van der Waals surface area contributed by atoms with E-state index >= 15 is 0 Å². The molecule has 0 spiro atoms. The lowest BCUT2D eigenvalue weighted by Gasteiger charge is -2.03. The third-order valence-electron chi connectivity index (χ3n) is 2.45. The number of thiophene rings is 2. The summed E-state index contributed by atoms with van der Waals surface area (Å²) in [6, 6.07) is 3.85. The maximum Gasteiger partial charge on any atom is 0.262 e. The summed E-state index contributed by atoms with van der Waals surface area (Å²) in [7, 11) is 0. The van der Waals surface area contributed by atoms with E-state index in [1.165, 1.54) is 16.9 Å². The molecule has 98 valence electrons. The summed E-state index contributed by atoms with van der Waals surface area (Å²) in [5.74, 6) is 5.23. The van der Waals surface area contributed by atoms with E-state index in [0.717, 1.165) is 6.42 Å². The Kier molecular flexibility index (Phi) is 5.16. The van der Waals surface area contributed by atoms with E-state index in [1.54, 1.807) is 17.4 Å². The zero-order valence-electron chi connectivity index (χ0n) is 10.2. The van der Waals surface area contributed by atoms with Crippen molar-refractivity contribution < 1.29 is 9.90 Å². The Morgan fingerprint density at radius 3 is 3.00 bits per heavy atom. The third kappa shape index (κ3) is 3.93. The summed E-state index contributed by atoms with van der Waals surface area (Å²) >= 11 is 3.02. The third-order valence-corrected chi connectivity index (χ3v) is 4.10. The highest BCUT2D eigenvalue weighted by atomic mass is 32.1. The van der Waals surface area contributed by atoms with E-state index in [2.05, 4.69) is 28.6 Å². The monoisotopic (exact) mass is 291 g/mol. The molecular weight excluding hydrogens is 278 g/mol. The van der Waals surface area contributed by atoms with Gasteiger partial charge in [0.25, 0.3) is 5.91 Å². The van der Waals surface area contributed by atoms with Crippen LogP contribution in [0.4, 0.5) is 0 Å². The Morgan fingerprint density at radius 1 is 1.37 bits per heavy atom. The molecule has 0 bridgehead atoms. The lowest BCUT2D eigenvalue weighted by molar-refractivity contribution is 0.0958. The minimum atomic E-state index is -0.199. The number of carbonyl (C=O) groups excluding carboxylic acids is 1. The Morgan fingerprint density at radius 2 is 2.26 bits per heavy atom. The molecule has 5 heteroatoms. The smallest absolute Gasteiger partial charge is 0.262 e. The van der Waals surface area contributed by atoms with Gasteiger partial charge in [0.1, 0.15) is 11.5 Å². The first-order valence-corrected chi connectivity index (χ1v) is 7.60. The van der Waals surface area contributed by atoms with Crippen molar-refractivity contribution in [3.8, 4) is 11.8 Å². The van der Waals surface area contributed by atoms with Gasteiger partial charge >= 0.3 is 0 Å². The summed E-state index contributed by atoms with van der Waals surface area (Å²) in [5.41, 5.74) is 1.91. The average Bonchev–Trinajstić information content (AvgIpc) is 3.07. The van der Waals surface area contributed by atoms with Gasteiger partial charge in [0.15, 0.2) is 0 Å². The number of rotatable bonds is 4. The van der Waals surface area contributed by atoms with Crippen molar-refractivity contribution in [2.75, 3.05) is 13.2 Å². The number of carbonyl (C=O) groups is 1. The molecule has 0 aliphatic carbocycles. The molecule has 0 aromatic carbocycles. The highest BCUT2D eigenvalue weighted by Crippen LogP contribution is 2.15. The molecular formula is C14H13NO2S2. The molecule has 0 radical (unpaired) electrons. The van der Waals surface area contributed by atoms with Crippen LogP contribution in [0.15, 0.2) is 28.3 Å². The molecule has 19 heavy (non-hydrogen) atoms. The van der Waals surface area contributed by atoms with Crippen molar-refractivity contribution in [1.29, 1.82) is 0 Å². The van der Waals surface area contributed by atoms with Crippen LogP contribution < -0.4 is 5.32 Å². The van der Waals surface area contributed by atoms with Gasteiger partial charge in [-0.25, -0.2) is 0 Å². The Bertz CT molecular complexity index is 590. The van der Waals surface area contributed by atoms with Crippen molar-refractivity contribution in [3.63, 3.8) is 0 Å². The molecule has 0 saturated heterocycles. The van der Waals surface area contributed by atoms with Crippen molar-refractivity contribution in [3.05, 3.63) is 44.3 Å². The molecule has 2 aromatic heterocycles. The first kappa shape index (κ1) is 13.8. The number of hydrogen-bond donors (Lipinski definition) is 2. The molecule has 2 N–H and O–H groups in total. The fourth-order valence-electron chi connectivity index (χ4n) is 1.55. The molecule has 1 amide bonds. The van der Waals surface area contributed by atoms with Gasteiger partial charge in [-0.05, 0) is 40.3 Å². The predicted molar refractivity (Wildman–Crippen MR) is 78.6 cm³/mol. The van der Waals surface area contributed by atoms with Crippen molar-refractivity contribution in [1.82, 2.24) is 5.32 Å². The zero-order valence-corrected chi connectivity index (χ0v) is 11.8. The average molecular weight is 291 g/mol. The van der Waals surface area contributed by atoms with E-state index in [4.69, 9.17) is 5.11 Å². The summed E-state index contributed by atoms with van der Waals surface area (Å²) in [6.07, 6.45) is 0.832. The second-order valence-electron chi connectivity index (χ2n) is 3.76. The van der Waals surface area contributed by atoms with Crippen LogP contribution in [0, 0.1) is 11.8 Å². The highest BCUT2D eigenvalue weighted by molar-refractivity contribution is 7.12. The van der Waals surface area contributed by atoms with Gasteiger partial charge in [0.2, 0.25) is 0 Å². The van der Waals surface area contributed by atoms with Gasteiger partial charge in [-0.2, -0.15) is 11.3 Å². The maximum atomic E-state index is 12.0. The number of hydrogen-bond acceptors (Lipinski definition) is 4. The number of aliphatic hydroxyl groups excluding tert-OH is 1. The van der Waals surface area contributed by atoms with E-state index in [1.807, 2.05) is 10.8 Å². The number of amides is 1. The maximum absolute atomic E-state index is 12.0. The molecule has 2 heterocycles. The Labute approximate surface area is 119 Å². The van der Waals surface area contributed by atoms with Crippen molar-refractivity contribution in [2.45, 2.75) is 6.42 Å². The molecule has 0 unspecified atom stereocenters. The molecule has 0 aliphatic heterocycles. The Balaban J connectivity index is 1.91. The van der Waals surface area contributed by atoms with Crippen LogP contribution >= 0.6 is 22.7 Å². The quantitative estimate of drug-likeness (QED) is 0.848. The van der Waals surface area contributed by atoms with Crippen molar-refractivity contribution >= 4 is 28.6 Å². The lowest BCUT2D eigenvalue weighted by atomic mass is 10.2. The van der Waals surface area contributed by atoms with Crippen LogP contribution in [-0.2, 0) is 6.42 Å². The van der Waals surface area contributed by atoms with Gasteiger partial charge < -0.3 is 10.4 Å². The van der Waals surface area contributed by atoms with Gasteiger partial charge in [0, 0.05) is 12.1 Å². The molecule has 2 aromatic rings. The predicted octanol–water partition coefficient (Wildman–Crippen LogP) is 2.13. The highest BCUT2D eigenvalue weighted by Gasteiger charge is 2.11. The summed E-state index contributed by atoms with van der Waals surface area (Å²) < 4.78 is 0. The standard InChI is InChI=1S/C14H13NO2S2/c16-7-1-2-12-5-9-19-13(12)14(17)15-6-3-11-4-8-18-10-11/h4-5,8-10,16H,3,6-7H2,(H,15,17). The van der Waals surface area contributed by atoms with E-state index in [9.17, 15) is 4.79 Å². The van der Waals surface area contributed by atoms with E-state index in [0.29, 0.717) is 17.0 Å². The molecule has 0 aliphatic rings. The largest absolute Gasteiger partial charge is 0.384 e. The van der Waals surface area contributed by atoms with Crippen LogP contribution in [-0.4, -0.2) is 24.2 Å². The molecule has 3 nitrogen and oxygen atoms in total. The van der Waals surface area contributed by atoms with Gasteiger partial charge in [-0.3, -0.25) is 4.79 Å². The van der Waals surface area contributed by atoms with Gasteiger partial charge in [0.05, 0.1) is 0 Å². The minimum absolute atomic E-state index is 0.104. The second-order valence-corrected chi connectivity index (χ2v) is 5.46. The van der Waals surface area contributed by atoms with Crippen molar-refractivity contribution in [2.24, 2.45) is 0 Å². The summed E-state index contributed by atoms with van der Waals surface area (Å²) in [5, 5.41) is 17.5. The second kappa shape index (κ2) is 7.10. The van der Waals surface area contributed by atoms with Crippen LogP contribution in [0.3, 0.4) is 0 Å². The Hall–Kier alpha value is -1.61. The van der Waals surface area contributed by atoms with E-state index < -0.39 is 0 Å². The minimum Gasteiger partial charge on any atom is -0.384 e. The van der Waals surface area contributed by atoms with Gasteiger partial charge in [-0.15, -0.1) is 11.3 Å². The van der Waals surface area contributed by atoms with Crippen LogP contribution in [0.2, 0.25) is 0 Å². The zero-order chi connectivity index (χ0) is 13.5. The number of nitrogens with one attached hydrogen (secondary N) is 1. The first-order chi connectivity index (χ1) is 9.31. The summed E-state index contributed by atoms with van der Waals surface area (Å²) in [4.78, 5) is 12.6. The molecule has 0 fully saturated rings. The van der Waals surface area contributed by atoms with Gasteiger partial charge in [-0.1, -0.05) is 11.8 Å². The SMILES string of the molecule is O=C(NCCc1ccsc1)c1sccc1C#CCO. The fraction of sp³-hybridized carbons (Fsp3) is 0.214. The van der Waals surface area contributed by atoms with E-state index in [-0.39, 0.29) is 12.5 Å². The van der Waals surface area contributed by atoms with Crippen LogP contribution in [0.25, 0.3) is 0 Å². The summed E-state index contributed by atoms with van der Waals surface area (Å²) in [6.45, 7) is 0.412. The normalized spacial score (nSPS) is 9.74. The molecule has 0 saturated carbocycles. The fourth-order valence-corrected chi connectivity index (χ4v) is 3.02. The molecule has 0 atom stereocenters. The number of aliphatic hydroxyl groups is 1. The first-order valence-electron chi connectivity index (χ1n) is 5.77. The van der Waals surface area contributed by atoms with Crippen LogP contribution in [0.5, 0.6) is 0 Å². The van der Waals surface area contributed by atoms with Crippen LogP contribution in [0.1, 0.15) is 20.8 Å². The topological polar surface area (TPSA) is 49.3 Å².